The van der Waals surface area contributed by atoms with Crippen molar-refractivity contribution in [1.29, 1.82) is 0 Å². The minimum absolute atomic E-state index is 0.263. The molecule has 21 heavy (non-hydrogen) atoms. The van der Waals surface area contributed by atoms with Gasteiger partial charge < -0.3 is 15.6 Å². The lowest BCUT2D eigenvalue weighted by Gasteiger charge is -2.11. The lowest BCUT2D eigenvalue weighted by Crippen LogP contribution is -2.01. The van der Waals surface area contributed by atoms with Crippen molar-refractivity contribution >= 4 is 11.7 Å². The average Bonchev–Trinajstić information content (AvgIpc) is 2.47. The molecular weight excluding hydrogens is 266 g/mol. The third-order valence-corrected chi connectivity index (χ3v) is 3.04. The third kappa shape index (κ3) is 3.86. The Bertz CT molecular complexity index is 648. The molecule has 0 saturated heterocycles. The molecule has 108 valence electrons. The molecule has 0 amide bonds. The predicted molar refractivity (Wildman–Crippen MR) is 82.5 cm³/mol. The van der Waals surface area contributed by atoms with Gasteiger partial charge in [0.25, 0.3) is 0 Å². The molecule has 2 aromatic carbocycles. The fraction of sp³-hybridized carbons (Fsp3) is 0.118. The largest absolute Gasteiger partial charge is 0.489 e. The van der Waals surface area contributed by atoms with Crippen LogP contribution >= 0.6 is 0 Å². The van der Waals surface area contributed by atoms with E-state index >= 15 is 0 Å². The Hall–Kier alpha value is -2.75. The van der Waals surface area contributed by atoms with Gasteiger partial charge in [0.1, 0.15) is 12.4 Å². The third-order valence-electron chi connectivity index (χ3n) is 3.04. The molecule has 0 saturated carbocycles. The van der Waals surface area contributed by atoms with Crippen molar-refractivity contribution in [3.05, 3.63) is 71.8 Å². The average molecular weight is 283 g/mol. The van der Waals surface area contributed by atoms with Gasteiger partial charge in [-0.1, -0.05) is 18.2 Å². The molecule has 3 N–H and O–H groups in total. The molecular formula is C17H17NO3. The van der Waals surface area contributed by atoms with Gasteiger partial charge in [0, 0.05) is 5.69 Å². The highest BCUT2D eigenvalue weighted by Crippen LogP contribution is 2.23. The van der Waals surface area contributed by atoms with E-state index in [0.29, 0.717) is 18.7 Å². The van der Waals surface area contributed by atoms with Gasteiger partial charge in [0.15, 0.2) is 0 Å². The second kappa shape index (κ2) is 6.61. The minimum Gasteiger partial charge on any atom is -0.489 e. The van der Waals surface area contributed by atoms with Gasteiger partial charge >= 0.3 is 5.97 Å². The van der Waals surface area contributed by atoms with E-state index in [1.165, 1.54) is 0 Å². The van der Waals surface area contributed by atoms with Crippen LogP contribution < -0.4 is 10.5 Å². The number of benzene rings is 2. The maximum Gasteiger partial charge on any atom is 0.335 e. The first-order valence-electron chi connectivity index (χ1n) is 6.54. The molecule has 0 atom stereocenters. The summed E-state index contributed by atoms with van der Waals surface area (Å²) >= 11 is 0. The first-order chi connectivity index (χ1) is 10.1. The molecule has 4 heteroatoms. The van der Waals surface area contributed by atoms with Crippen LogP contribution in [0.3, 0.4) is 0 Å². The molecule has 4 nitrogen and oxygen atoms in total. The second-order valence-corrected chi connectivity index (χ2v) is 4.65. The number of nitrogen functional groups attached to an aromatic ring is 1. The van der Waals surface area contributed by atoms with Crippen LogP contribution in [0.2, 0.25) is 0 Å². The van der Waals surface area contributed by atoms with E-state index in [1.807, 2.05) is 12.1 Å². The number of hydrogen-bond donors (Lipinski definition) is 2. The quantitative estimate of drug-likeness (QED) is 0.630. The zero-order valence-corrected chi connectivity index (χ0v) is 11.6. The van der Waals surface area contributed by atoms with Crippen LogP contribution in [0.5, 0.6) is 5.75 Å². The number of hydrogen-bond acceptors (Lipinski definition) is 3. The smallest absolute Gasteiger partial charge is 0.335 e. The summed E-state index contributed by atoms with van der Waals surface area (Å²) in [5.41, 5.74) is 8.60. The Balaban J connectivity index is 2.08. The highest BCUT2D eigenvalue weighted by molar-refractivity contribution is 5.87. The summed E-state index contributed by atoms with van der Waals surface area (Å²) in [7, 11) is 0. The Morgan fingerprint density at radius 3 is 2.57 bits per heavy atom. The van der Waals surface area contributed by atoms with Crippen molar-refractivity contribution in [3.63, 3.8) is 0 Å². The highest BCUT2D eigenvalue weighted by Gasteiger charge is 2.05. The fourth-order valence-corrected chi connectivity index (χ4v) is 1.96. The van der Waals surface area contributed by atoms with Crippen LogP contribution in [0.15, 0.2) is 55.1 Å². The molecule has 0 aliphatic rings. The Morgan fingerprint density at radius 1 is 1.24 bits per heavy atom. The molecule has 0 radical (unpaired) electrons. The summed E-state index contributed by atoms with van der Waals surface area (Å²) in [6.07, 6.45) is 2.47. The molecule has 0 unspecified atom stereocenters. The summed E-state index contributed by atoms with van der Waals surface area (Å²) in [6, 6.07) is 12.1. The van der Waals surface area contributed by atoms with Gasteiger partial charge in [0.05, 0.1) is 5.56 Å². The number of aromatic carboxylic acids is 1. The first-order valence-corrected chi connectivity index (χ1v) is 6.54. The van der Waals surface area contributed by atoms with E-state index in [2.05, 4.69) is 6.58 Å². The van der Waals surface area contributed by atoms with Gasteiger partial charge in [-0.25, -0.2) is 4.79 Å². The summed E-state index contributed by atoms with van der Waals surface area (Å²) in [5, 5.41) is 8.85. The molecule has 2 aromatic rings. The Morgan fingerprint density at radius 2 is 1.95 bits per heavy atom. The minimum atomic E-state index is -0.936. The molecule has 2 rings (SSSR count). The van der Waals surface area contributed by atoms with Gasteiger partial charge in [-0.2, -0.15) is 0 Å². The summed E-state index contributed by atoms with van der Waals surface area (Å²) in [4.78, 5) is 10.8. The number of ether oxygens (including phenoxy) is 1. The zero-order valence-electron chi connectivity index (χ0n) is 11.6. The van der Waals surface area contributed by atoms with Crippen molar-refractivity contribution in [2.75, 3.05) is 5.73 Å². The number of nitrogens with two attached hydrogens (primary N) is 1. The van der Waals surface area contributed by atoms with Crippen LogP contribution in [0, 0.1) is 0 Å². The van der Waals surface area contributed by atoms with Crippen LogP contribution in [0.1, 0.15) is 21.5 Å². The second-order valence-electron chi connectivity index (χ2n) is 4.65. The lowest BCUT2D eigenvalue weighted by molar-refractivity contribution is 0.0697. The topological polar surface area (TPSA) is 72.5 Å². The molecule has 0 aliphatic heterocycles. The van der Waals surface area contributed by atoms with Crippen molar-refractivity contribution in [2.24, 2.45) is 0 Å². The molecule has 0 spiro atoms. The monoisotopic (exact) mass is 283 g/mol. The molecule has 0 fully saturated rings. The van der Waals surface area contributed by atoms with Crippen LogP contribution in [-0.2, 0) is 13.0 Å². The predicted octanol–water partition coefficient (Wildman–Crippen LogP) is 3.27. The summed E-state index contributed by atoms with van der Waals surface area (Å²) in [6.45, 7) is 4.09. The number of rotatable bonds is 6. The molecule has 0 aliphatic carbocycles. The van der Waals surface area contributed by atoms with Crippen LogP contribution in [-0.4, -0.2) is 11.1 Å². The first kappa shape index (κ1) is 14.7. The van der Waals surface area contributed by atoms with E-state index in [0.717, 1.165) is 16.9 Å². The van der Waals surface area contributed by atoms with Crippen LogP contribution in [0.25, 0.3) is 0 Å². The van der Waals surface area contributed by atoms with Crippen LogP contribution in [0.4, 0.5) is 5.69 Å². The van der Waals surface area contributed by atoms with E-state index in [-0.39, 0.29) is 5.56 Å². The number of anilines is 1. The van der Waals surface area contributed by atoms with Gasteiger partial charge in [0.2, 0.25) is 0 Å². The number of carboxylic acid groups (broad SMARTS) is 1. The normalized spacial score (nSPS) is 10.1. The molecule has 0 aromatic heterocycles. The van der Waals surface area contributed by atoms with Gasteiger partial charge in [-0.15, -0.1) is 6.58 Å². The van der Waals surface area contributed by atoms with Gasteiger partial charge in [-0.3, -0.25) is 0 Å². The van der Waals surface area contributed by atoms with Crippen molar-refractivity contribution < 1.29 is 14.6 Å². The lowest BCUT2D eigenvalue weighted by atomic mass is 10.1. The maximum absolute atomic E-state index is 10.8. The van der Waals surface area contributed by atoms with Crippen molar-refractivity contribution in [3.8, 4) is 5.75 Å². The Kier molecular flexibility index (Phi) is 4.61. The zero-order chi connectivity index (χ0) is 15.2. The van der Waals surface area contributed by atoms with E-state index in [9.17, 15) is 4.79 Å². The van der Waals surface area contributed by atoms with E-state index in [1.54, 1.807) is 36.4 Å². The maximum atomic E-state index is 10.8. The van der Waals surface area contributed by atoms with E-state index < -0.39 is 5.97 Å². The number of carbonyl (C=O) groups is 1. The fourth-order valence-electron chi connectivity index (χ4n) is 1.96. The van der Waals surface area contributed by atoms with Crippen molar-refractivity contribution in [2.45, 2.75) is 13.0 Å². The molecule has 0 bridgehead atoms. The number of allylic oxidation sites excluding steroid dienone is 1. The SMILES string of the molecule is C=CCc1cc(N)ccc1OCc1ccc(C(=O)O)cc1. The standard InChI is InChI=1S/C17H17NO3/c1-2-3-14-10-15(18)8-9-16(14)21-11-12-4-6-13(7-5-12)17(19)20/h2,4-10H,1,3,11,18H2,(H,19,20). The molecule has 0 heterocycles. The Labute approximate surface area is 123 Å². The van der Waals surface area contributed by atoms with E-state index in [4.69, 9.17) is 15.6 Å². The summed E-state index contributed by atoms with van der Waals surface area (Å²) in [5.74, 6) is -0.180. The van der Waals surface area contributed by atoms with Gasteiger partial charge in [-0.05, 0) is 47.9 Å². The summed E-state index contributed by atoms with van der Waals surface area (Å²) < 4.78 is 5.78. The van der Waals surface area contributed by atoms with Crippen molar-refractivity contribution in [1.82, 2.24) is 0 Å². The highest BCUT2D eigenvalue weighted by atomic mass is 16.5. The number of carboxylic acids is 1.